The first-order valence-corrected chi connectivity index (χ1v) is 4.38. The summed E-state index contributed by atoms with van der Waals surface area (Å²) in [7, 11) is 0. The van der Waals surface area contributed by atoms with Gasteiger partial charge in [-0.15, -0.1) is 0 Å². The molecule has 0 aliphatic rings. The Hall–Kier alpha value is -2.41. The highest BCUT2D eigenvalue weighted by Gasteiger charge is 2.17. The summed E-state index contributed by atoms with van der Waals surface area (Å²) >= 11 is 0. The molecule has 0 aliphatic carbocycles. The third-order valence-electron chi connectivity index (χ3n) is 2.07. The Morgan fingerprint density at radius 3 is 2.88 bits per heavy atom. The van der Waals surface area contributed by atoms with E-state index < -0.39 is 6.09 Å². The zero-order chi connectivity index (χ0) is 11.7. The van der Waals surface area contributed by atoms with Crippen LogP contribution in [0.15, 0.2) is 24.5 Å². The predicted octanol–water partition coefficient (Wildman–Crippen LogP) is 0.570. The van der Waals surface area contributed by atoms with Crippen LogP contribution >= 0.6 is 0 Å². The number of rotatable bonds is 1. The summed E-state index contributed by atoms with van der Waals surface area (Å²) in [5.41, 5.74) is 6.82. The van der Waals surface area contributed by atoms with Gasteiger partial charge in [-0.2, -0.15) is 0 Å². The summed E-state index contributed by atoms with van der Waals surface area (Å²) in [6, 6.07) is 3.39. The fourth-order valence-electron chi connectivity index (χ4n) is 1.37. The number of nitrogens with zero attached hydrogens (tertiary/aromatic N) is 3. The number of anilines is 2. The van der Waals surface area contributed by atoms with Crippen molar-refractivity contribution in [3.63, 3.8) is 0 Å². The second-order valence-electron chi connectivity index (χ2n) is 3.09. The van der Waals surface area contributed by atoms with Crippen LogP contribution in [-0.4, -0.2) is 21.2 Å². The number of carboxylic acid groups (broad SMARTS) is 1. The van der Waals surface area contributed by atoms with Crippen molar-refractivity contribution in [3.8, 4) is 0 Å². The van der Waals surface area contributed by atoms with Gasteiger partial charge in [-0.05, 0) is 12.1 Å². The van der Waals surface area contributed by atoms with Gasteiger partial charge in [-0.3, -0.25) is 9.97 Å². The number of hydrogen-bond donors (Lipinski definition) is 3. The summed E-state index contributed by atoms with van der Waals surface area (Å²) in [6.07, 6.45) is 1.55. The molecule has 82 valence electrons. The van der Waals surface area contributed by atoms with E-state index >= 15 is 0 Å². The maximum absolute atomic E-state index is 10.8. The maximum Gasteiger partial charge on any atom is 0.426 e. The summed E-state index contributed by atoms with van der Waals surface area (Å²) < 4.78 is 0. The molecule has 7 nitrogen and oxygen atoms in total. The standard InChI is InChI=1S/C9H9N5O2/c10-5-4-13-6-2-1-3-12-7(6)8(5)14(11)9(15)16/h1-4H,10-11H2,(H,15,16). The van der Waals surface area contributed by atoms with Crippen molar-refractivity contribution < 1.29 is 9.90 Å². The highest BCUT2D eigenvalue weighted by atomic mass is 16.4. The molecule has 0 saturated carbocycles. The monoisotopic (exact) mass is 219 g/mol. The molecule has 2 rings (SSSR count). The number of nitrogen functional groups attached to an aromatic ring is 1. The Bertz CT molecular complexity index is 557. The Morgan fingerprint density at radius 2 is 2.19 bits per heavy atom. The lowest BCUT2D eigenvalue weighted by Crippen LogP contribution is -2.37. The SMILES string of the molecule is Nc1cnc2cccnc2c1N(N)C(=O)O. The molecular weight excluding hydrogens is 210 g/mol. The van der Waals surface area contributed by atoms with E-state index in [1.165, 1.54) is 12.4 Å². The van der Waals surface area contributed by atoms with E-state index in [1.807, 2.05) is 0 Å². The van der Waals surface area contributed by atoms with Crippen LogP contribution in [0.1, 0.15) is 0 Å². The Morgan fingerprint density at radius 1 is 1.44 bits per heavy atom. The van der Waals surface area contributed by atoms with Crippen LogP contribution in [0.5, 0.6) is 0 Å². The summed E-state index contributed by atoms with van der Waals surface area (Å²) in [4.78, 5) is 18.8. The van der Waals surface area contributed by atoms with Crippen LogP contribution in [0.25, 0.3) is 11.0 Å². The molecule has 2 aromatic heterocycles. The van der Waals surface area contributed by atoms with Crippen molar-refractivity contribution in [2.75, 3.05) is 10.7 Å². The van der Waals surface area contributed by atoms with E-state index in [0.717, 1.165) is 0 Å². The molecule has 2 heterocycles. The van der Waals surface area contributed by atoms with Gasteiger partial charge in [0, 0.05) is 6.20 Å². The van der Waals surface area contributed by atoms with Crippen LogP contribution in [0.2, 0.25) is 0 Å². The van der Waals surface area contributed by atoms with E-state index in [-0.39, 0.29) is 11.4 Å². The molecule has 0 saturated heterocycles. The minimum absolute atomic E-state index is 0.137. The van der Waals surface area contributed by atoms with Crippen LogP contribution < -0.4 is 16.6 Å². The second kappa shape index (κ2) is 3.63. The summed E-state index contributed by atoms with van der Waals surface area (Å²) in [5, 5.41) is 9.35. The first-order valence-electron chi connectivity index (χ1n) is 4.38. The lowest BCUT2D eigenvalue weighted by Gasteiger charge is -2.15. The molecule has 16 heavy (non-hydrogen) atoms. The molecule has 0 atom stereocenters. The van der Waals surface area contributed by atoms with Gasteiger partial charge in [-0.1, -0.05) is 0 Å². The van der Waals surface area contributed by atoms with Crippen molar-refractivity contribution in [2.45, 2.75) is 0 Å². The molecule has 0 fully saturated rings. The third-order valence-corrected chi connectivity index (χ3v) is 2.07. The van der Waals surface area contributed by atoms with E-state index in [1.54, 1.807) is 12.1 Å². The number of hydrazine groups is 1. The fraction of sp³-hybridized carbons (Fsp3) is 0. The predicted molar refractivity (Wildman–Crippen MR) is 58.6 cm³/mol. The topological polar surface area (TPSA) is 118 Å². The molecule has 7 heteroatoms. The Kier molecular flexibility index (Phi) is 2.29. The van der Waals surface area contributed by atoms with Crippen molar-refractivity contribution in [2.24, 2.45) is 5.84 Å². The number of aromatic nitrogens is 2. The largest absolute Gasteiger partial charge is 0.464 e. The lowest BCUT2D eigenvalue weighted by atomic mass is 10.2. The van der Waals surface area contributed by atoms with Crippen molar-refractivity contribution in [3.05, 3.63) is 24.5 Å². The van der Waals surface area contributed by atoms with Crippen LogP contribution in [-0.2, 0) is 0 Å². The van der Waals surface area contributed by atoms with Gasteiger partial charge in [0.1, 0.15) is 11.2 Å². The van der Waals surface area contributed by atoms with Crippen LogP contribution in [0.3, 0.4) is 0 Å². The molecule has 0 radical (unpaired) electrons. The van der Waals surface area contributed by atoms with Gasteiger partial charge in [0.2, 0.25) is 0 Å². The molecule has 0 unspecified atom stereocenters. The van der Waals surface area contributed by atoms with Crippen LogP contribution in [0, 0.1) is 0 Å². The average Bonchev–Trinajstić information content (AvgIpc) is 2.28. The first-order chi connectivity index (χ1) is 7.61. The molecule has 0 spiro atoms. The zero-order valence-corrected chi connectivity index (χ0v) is 8.16. The molecule has 2 aromatic rings. The average molecular weight is 219 g/mol. The quantitative estimate of drug-likeness (QED) is 0.366. The molecule has 0 bridgehead atoms. The smallest absolute Gasteiger partial charge is 0.426 e. The minimum Gasteiger partial charge on any atom is -0.464 e. The fourth-order valence-corrected chi connectivity index (χ4v) is 1.37. The maximum atomic E-state index is 10.8. The first kappa shape index (κ1) is 10.1. The second-order valence-corrected chi connectivity index (χ2v) is 3.09. The molecule has 0 aromatic carbocycles. The van der Waals surface area contributed by atoms with E-state index in [9.17, 15) is 4.79 Å². The van der Waals surface area contributed by atoms with E-state index in [0.29, 0.717) is 16.0 Å². The highest BCUT2D eigenvalue weighted by Crippen LogP contribution is 2.27. The van der Waals surface area contributed by atoms with Crippen molar-refractivity contribution in [1.82, 2.24) is 9.97 Å². The van der Waals surface area contributed by atoms with Crippen molar-refractivity contribution in [1.29, 1.82) is 0 Å². The number of hydrogen-bond acceptors (Lipinski definition) is 5. The number of amides is 1. The summed E-state index contributed by atoms with van der Waals surface area (Å²) in [5.74, 6) is 5.39. The normalized spacial score (nSPS) is 10.3. The lowest BCUT2D eigenvalue weighted by molar-refractivity contribution is 0.202. The van der Waals surface area contributed by atoms with Gasteiger partial charge in [0.25, 0.3) is 0 Å². The Balaban J connectivity index is 2.75. The number of nitrogens with two attached hydrogens (primary N) is 2. The van der Waals surface area contributed by atoms with E-state index in [4.69, 9.17) is 16.7 Å². The third kappa shape index (κ3) is 1.48. The Labute approximate surface area is 90.3 Å². The number of fused-ring (bicyclic) bond motifs is 1. The van der Waals surface area contributed by atoms with E-state index in [2.05, 4.69) is 9.97 Å². The number of carbonyl (C=O) groups is 1. The molecule has 0 aliphatic heterocycles. The van der Waals surface area contributed by atoms with Gasteiger partial charge >= 0.3 is 6.09 Å². The molecular formula is C9H9N5O2. The molecule has 5 N–H and O–H groups in total. The number of pyridine rings is 2. The van der Waals surface area contributed by atoms with Gasteiger partial charge in [0.15, 0.2) is 0 Å². The summed E-state index contributed by atoms with van der Waals surface area (Å²) in [6.45, 7) is 0. The zero-order valence-electron chi connectivity index (χ0n) is 8.16. The van der Waals surface area contributed by atoms with Gasteiger partial charge < -0.3 is 10.8 Å². The van der Waals surface area contributed by atoms with Crippen molar-refractivity contribution >= 4 is 28.5 Å². The highest BCUT2D eigenvalue weighted by molar-refractivity contribution is 6.01. The van der Waals surface area contributed by atoms with Gasteiger partial charge in [0.05, 0.1) is 17.4 Å². The van der Waals surface area contributed by atoms with Crippen LogP contribution in [0.4, 0.5) is 16.2 Å². The minimum atomic E-state index is -1.31. The van der Waals surface area contributed by atoms with Gasteiger partial charge in [-0.25, -0.2) is 15.6 Å². The molecule has 1 amide bonds.